The van der Waals surface area contributed by atoms with Crippen molar-refractivity contribution < 1.29 is 18.0 Å². The molecule has 0 heterocycles. The lowest BCUT2D eigenvalue weighted by Crippen LogP contribution is -2.49. The van der Waals surface area contributed by atoms with Crippen molar-refractivity contribution in [3.63, 3.8) is 0 Å². The molecule has 0 radical (unpaired) electrons. The number of carbonyl (C=O) groups excluding carboxylic acids is 1. The van der Waals surface area contributed by atoms with Gasteiger partial charge >= 0.3 is 6.18 Å². The summed E-state index contributed by atoms with van der Waals surface area (Å²) in [6.07, 6.45) is -3.89. The van der Waals surface area contributed by atoms with Crippen molar-refractivity contribution in [2.24, 2.45) is 11.1 Å². The van der Waals surface area contributed by atoms with Crippen molar-refractivity contribution in [3.8, 4) is 0 Å². The quantitative estimate of drug-likeness (QED) is 0.820. The fourth-order valence-electron chi connectivity index (χ4n) is 2.02. The predicted octanol–water partition coefficient (Wildman–Crippen LogP) is 2.35. The number of hydrogen-bond acceptors (Lipinski definition) is 2. The second-order valence-corrected chi connectivity index (χ2v) is 6.36. The predicted molar refractivity (Wildman–Crippen MR) is 62.8 cm³/mol. The number of nitrogens with two attached hydrogens (primary N) is 1. The smallest absolute Gasteiger partial charge is 0.342 e. The molecule has 18 heavy (non-hydrogen) atoms. The van der Waals surface area contributed by atoms with Gasteiger partial charge in [-0.05, 0) is 24.7 Å². The highest BCUT2D eigenvalue weighted by Gasteiger charge is 2.64. The van der Waals surface area contributed by atoms with Gasteiger partial charge in [-0.25, -0.2) is 0 Å². The van der Waals surface area contributed by atoms with Gasteiger partial charge in [0, 0.05) is 12.5 Å². The van der Waals surface area contributed by atoms with Crippen LogP contribution in [0.15, 0.2) is 0 Å². The van der Waals surface area contributed by atoms with Crippen LogP contribution in [0.25, 0.3) is 0 Å². The van der Waals surface area contributed by atoms with Crippen LogP contribution in [-0.4, -0.2) is 23.7 Å². The van der Waals surface area contributed by atoms with E-state index in [0.717, 1.165) is 0 Å². The molecular weight excluding hydrogens is 245 g/mol. The maximum Gasteiger partial charge on any atom is 0.411 e. The van der Waals surface area contributed by atoms with Crippen LogP contribution < -0.4 is 11.1 Å². The second-order valence-electron chi connectivity index (χ2n) is 6.36. The van der Waals surface area contributed by atoms with E-state index in [9.17, 15) is 18.0 Å². The number of carbonyl (C=O) groups is 1. The molecule has 1 atom stereocenters. The summed E-state index contributed by atoms with van der Waals surface area (Å²) in [5.41, 5.74) is 3.75. The van der Waals surface area contributed by atoms with Crippen LogP contribution in [0.2, 0.25) is 0 Å². The lowest BCUT2D eigenvalue weighted by molar-refractivity contribution is -0.170. The standard InChI is InChI=1S/C12H21F3N2O/c1-10(2,3)7-8(16)6-9(18)17-11(4-5-11)12(13,14)15/h8H,4-7,16H2,1-3H3,(H,17,18). The summed E-state index contributed by atoms with van der Waals surface area (Å²) in [4.78, 5) is 11.6. The Balaban J connectivity index is 2.44. The Kier molecular flexibility index (Phi) is 4.00. The average Bonchev–Trinajstić information content (AvgIpc) is 2.78. The van der Waals surface area contributed by atoms with Gasteiger partial charge in [0.1, 0.15) is 5.54 Å². The summed E-state index contributed by atoms with van der Waals surface area (Å²) in [7, 11) is 0. The number of halogens is 3. The highest BCUT2D eigenvalue weighted by atomic mass is 19.4. The Morgan fingerprint density at radius 3 is 2.17 bits per heavy atom. The summed E-state index contributed by atoms with van der Waals surface area (Å²) >= 11 is 0. The maximum absolute atomic E-state index is 12.6. The van der Waals surface area contributed by atoms with Gasteiger partial charge in [0.05, 0.1) is 0 Å². The van der Waals surface area contributed by atoms with E-state index in [1.165, 1.54) is 0 Å². The minimum absolute atomic E-state index is 0.0310. The molecule has 1 unspecified atom stereocenters. The van der Waals surface area contributed by atoms with Crippen molar-refractivity contribution >= 4 is 5.91 Å². The number of nitrogens with one attached hydrogen (secondary N) is 1. The first-order chi connectivity index (χ1) is 7.95. The summed E-state index contributed by atoms with van der Waals surface area (Å²) in [6, 6.07) is -0.408. The van der Waals surface area contributed by atoms with Crippen LogP contribution in [0, 0.1) is 5.41 Å². The fourth-order valence-corrected chi connectivity index (χ4v) is 2.02. The first-order valence-corrected chi connectivity index (χ1v) is 6.09. The molecule has 0 bridgehead atoms. The first-order valence-electron chi connectivity index (χ1n) is 6.09. The molecule has 3 nitrogen and oxygen atoms in total. The largest absolute Gasteiger partial charge is 0.411 e. The van der Waals surface area contributed by atoms with Crippen molar-refractivity contribution in [3.05, 3.63) is 0 Å². The minimum Gasteiger partial charge on any atom is -0.342 e. The molecular formula is C12H21F3N2O. The van der Waals surface area contributed by atoms with Gasteiger partial charge < -0.3 is 11.1 Å². The zero-order chi connectivity index (χ0) is 14.2. The molecule has 1 aliphatic carbocycles. The minimum atomic E-state index is -4.36. The lowest BCUT2D eigenvalue weighted by atomic mass is 9.87. The second kappa shape index (κ2) is 4.72. The Morgan fingerprint density at radius 2 is 1.83 bits per heavy atom. The van der Waals surface area contributed by atoms with Crippen molar-refractivity contribution in [2.75, 3.05) is 0 Å². The molecule has 0 aromatic heterocycles. The van der Waals surface area contributed by atoms with Gasteiger partial charge in [0.15, 0.2) is 0 Å². The van der Waals surface area contributed by atoms with Crippen LogP contribution in [0.4, 0.5) is 13.2 Å². The summed E-state index contributed by atoms with van der Waals surface area (Å²) < 4.78 is 37.9. The Bertz CT molecular complexity index is 316. The van der Waals surface area contributed by atoms with Gasteiger partial charge in [-0.1, -0.05) is 20.8 Å². The van der Waals surface area contributed by atoms with E-state index in [-0.39, 0.29) is 24.7 Å². The van der Waals surface area contributed by atoms with Crippen LogP contribution >= 0.6 is 0 Å². The van der Waals surface area contributed by atoms with E-state index in [0.29, 0.717) is 6.42 Å². The number of alkyl halides is 3. The van der Waals surface area contributed by atoms with Crippen LogP contribution in [0.3, 0.4) is 0 Å². The van der Waals surface area contributed by atoms with E-state index in [4.69, 9.17) is 5.73 Å². The molecule has 1 aliphatic rings. The highest BCUT2D eigenvalue weighted by molar-refractivity contribution is 5.78. The molecule has 0 spiro atoms. The third-order valence-electron chi connectivity index (χ3n) is 2.99. The summed E-state index contributed by atoms with van der Waals surface area (Å²) in [5.74, 6) is -0.610. The monoisotopic (exact) mass is 266 g/mol. The van der Waals surface area contributed by atoms with Crippen LogP contribution in [0.1, 0.15) is 46.5 Å². The third-order valence-corrected chi connectivity index (χ3v) is 2.99. The molecule has 0 saturated heterocycles. The number of amides is 1. The first kappa shape index (κ1) is 15.3. The fraction of sp³-hybridized carbons (Fsp3) is 0.917. The third kappa shape index (κ3) is 4.15. The van der Waals surface area contributed by atoms with E-state index in [1.54, 1.807) is 0 Å². The Morgan fingerprint density at radius 1 is 1.33 bits per heavy atom. The Hall–Kier alpha value is -0.780. The topological polar surface area (TPSA) is 55.1 Å². The normalized spacial score (nSPS) is 20.4. The van der Waals surface area contributed by atoms with Crippen molar-refractivity contribution in [1.29, 1.82) is 0 Å². The molecule has 106 valence electrons. The van der Waals surface area contributed by atoms with Gasteiger partial charge in [-0.3, -0.25) is 4.79 Å². The number of rotatable bonds is 4. The van der Waals surface area contributed by atoms with Gasteiger partial charge in [-0.2, -0.15) is 13.2 Å². The van der Waals surface area contributed by atoms with Crippen LogP contribution in [-0.2, 0) is 4.79 Å². The lowest BCUT2D eigenvalue weighted by Gasteiger charge is -2.25. The zero-order valence-corrected chi connectivity index (χ0v) is 11.0. The van der Waals surface area contributed by atoms with E-state index in [1.807, 2.05) is 20.8 Å². The molecule has 1 rings (SSSR count). The Labute approximate surface area is 105 Å². The van der Waals surface area contributed by atoms with Crippen molar-refractivity contribution in [2.45, 2.75) is 64.2 Å². The average molecular weight is 266 g/mol. The van der Waals surface area contributed by atoms with Gasteiger partial charge in [0.25, 0.3) is 0 Å². The summed E-state index contributed by atoms with van der Waals surface area (Å²) in [5, 5.41) is 2.08. The molecule has 0 aliphatic heterocycles. The molecule has 3 N–H and O–H groups in total. The zero-order valence-electron chi connectivity index (χ0n) is 11.0. The van der Waals surface area contributed by atoms with Gasteiger partial charge in [0.2, 0.25) is 5.91 Å². The number of hydrogen-bond donors (Lipinski definition) is 2. The van der Waals surface area contributed by atoms with Crippen LogP contribution in [0.5, 0.6) is 0 Å². The van der Waals surface area contributed by atoms with E-state index in [2.05, 4.69) is 5.32 Å². The van der Waals surface area contributed by atoms with Crippen molar-refractivity contribution in [1.82, 2.24) is 5.32 Å². The summed E-state index contributed by atoms with van der Waals surface area (Å²) in [6.45, 7) is 5.93. The van der Waals surface area contributed by atoms with E-state index < -0.39 is 23.7 Å². The highest BCUT2D eigenvalue weighted by Crippen LogP contribution is 2.48. The molecule has 0 aromatic carbocycles. The maximum atomic E-state index is 12.6. The molecule has 1 amide bonds. The molecule has 1 saturated carbocycles. The van der Waals surface area contributed by atoms with Gasteiger partial charge in [-0.15, -0.1) is 0 Å². The van der Waals surface area contributed by atoms with E-state index >= 15 is 0 Å². The molecule has 6 heteroatoms. The molecule has 1 fully saturated rings. The SMILES string of the molecule is CC(C)(C)CC(N)CC(=O)NC1(C(F)(F)F)CC1. The molecule has 0 aromatic rings.